The lowest BCUT2D eigenvalue weighted by molar-refractivity contribution is 0.0775. The molecular weight excluding hydrogens is 321 g/mol. The summed E-state index contributed by atoms with van der Waals surface area (Å²) in [5, 5.41) is 4.36. The number of aryl methyl sites for hydroxylation is 1. The smallest absolute Gasteiger partial charge is 0.278 e. The maximum Gasteiger partial charge on any atom is 0.278 e. The molecule has 0 fully saturated rings. The third-order valence-corrected chi connectivity index (χ3v) is 4.03. The lowest BCUT2D eigenvalue weighted by Gasteiger charge is -2.17. The molecule has 2 aromatic carbocycles. The number of benzene rings is 2. The van der Waals surface area contributed by atoms with Crippen LogP contribution in [-0.4, -0.2) is 27.6 Å². The number of rotatable bonds is 4. The first-order valence-corrected chi connectivity index (χ1v) is 8.01. The van der Waals surface area contributed by atoms with Gasteiger partial charge in [0.05, 0.1) is 10.9 Å². The number of aromatic nitrogens is 2. The molecule has 1 amide bonds. The van der Waals surface area contributed by atoms with Crippen LogP contribution in [0.4, 0.5) is 4.39 Å². The molecule has 0 radical (unpaired) electrons. The molecule has 128 valence electrons. The SMILES string of the molecule is CCn1nc(C(=O)N(C)Cc2ccccc2)c(=O)c2cc(F)ccc21. The molecule has 5 nitrogen and oxygen atoms in total. The summed E-state index contributed by atoms with van der Waals surface area (Å²) in [6.45, 7) is 2.67. The Kier molecular flexibility index (Phi) is 4.61. The first-order valence-electron chi connectivity index (χ1n) is 8.01. The van der Waals surface area contributed by atoms with Gasteiger partial charge >= 0.3 is 0 Å². The standard InChI is InChI=1S/C19H18FN3O2/c1-3-23-16-10-9-14(20)11-15(16)18(24)17(21-23)19(25)22(2)12-13-7-5-4-6-8-13/h4-11H,3,12H2,1-2H3. The van der Waals surface area contributed by atoms with E-state index >= 15 is 0 Å². The Morgan fingerprint density at radius 1 is 1.20 bits per heavy atom. The van der Waals surface area contributed by atoms with E-state index in [1.54, 1.807) is 11.7 Å². The summed E-state index contributed by atoms with van der Waals surface area (Å²) in [5.74, 6) is -1.00. The first kappa shape index (κ1) is 16.8. The third kappa shape index (κ3) is 3.28. The van der Waals surface area contributed by atoms with Crippen LogP contribution in [0.15, 0.2) is 53.3 Å². The predicted octanol–water partition coefficient (Wildman–Crippen LogP) is 2.83. The molecule has 1 heterocycles. The Labute approximate surface area is 144 Å². The van der Waals surface area contributed by atoms with Crippen LogP contribution >= 0.6 is 0 Å². The van der Waals surface area contributed by atoms with Crippen LogP contribution in [-0.2, 0) is 13.1 Å². The average molecular weight is 339 g/mol. The number of hydrogen-bond acceptors (Lipinski definition) is 3. The molecule has 0 atom stereocenters. The minimum atomic E-state index is -0.552. The van der Waals surface area contributed by atoms with E-state index in [2.05, 4.69) is 5.10 Å². The predicted molar refractivity (Wildman–Crippen MR) is 93.9 cm³/mol. The zero-order chi connectivity index (χ0) is 18.0. The van der Waals surface area contributed by atoms with Gasteiger partial charge in [0.1, 0.15) is 5.82 Å². The topological polar surface area (TPSA) is 55.2 Å². The van der Waals surface area contributed by atoms with E-state index in [1.807, 2.05) is 37.3 Å². The molecule has 25 heavy (non-hydrogen) atoms. The highest BCUT2D eigenvalue weighted by Crippen LogP contribution is 2.13. The Morgan fingerprint density at radius 2 is 1.92 bits per heavy atom. The maximum atomic E-state index is 13.6. The molecule has 0 N–H and O–H groups in total. The fourth-order valence-electron chi connectivity index (χ4n) is 2.75. The van der Waals surface area contributed by atoms with Crippen molar-refractivity contribution in [1.29, 1.82) is 0 Å². The second-order valence-electron chi connectivity index (χ2n) is 5.80. The molecule has 3 aromatic rings. The summed E-state index contributed by atoms with van der Waals surface area (Å²) in [6.07, 6.45) is 0. The van der Waals surface area contributed by atoms with Crippen molar-refractivity contribution in [3.8, 4) is 0 Å². The van der Waals surface area contributed by atoms with Crippen LogP contribution in [0.1, 0.15) is 23.0 Å². The van der Waals surface area contributed by atoms with Crippen molar-refractivity contribution in [1.82, 2.24) is 14.7 Å². The Bertz CT molecular complexity index is 983. The van der Waals surface area contributed by atoms with Crippen molar-refractivity contribution in [2.24, 2.45) is 0 Å². The lowest BCUT2D eigenvalue weighted by Crippen LogP contribution is -2.33. The van der Waals surface area contributed by atoms with Gasteiger partial charge in [0.2, 0.25) is 5.43 Å². The largest absolute Gasteiger partial charge is 0.336 e. The van der Waals surface area contributed by atoms with Crippen LogP contribution < -0.4 is 5.43 Å². The van der Waals surface area contributed by atoms with Gasteiger partial charge in [-0.15, -0.1) is 0 Å². The molecule has 0 aliphatic rings. The van der Waals surface area contributed by atoms with Gasteiger partial charge in [-0.05, 0) is 30.7 Å². The second-order valence-corrected chi connectivity index (χ2v) is 5.80. The van der Waals surface area contributed by atoms with Gasteiger partial charge in [0.15, 0.2) is 5.69 Å². The van der Waals surface area contributed by atoms with Gasteiger partial charge in [-0.3, -0.25) is 14.3 Å². The van der Waals surface area contributed by atoms with Crippen molar-refractivity contribution >= 4 is 16.8 Å². The quantitative estimate of drug-likeness (QED) is 0.734. The summed E-state index contributed by atoms with van der Waals surface area (Å²) in [5.41, 5.74) is 0.708. The van der Waals surface area contributed by atoms with Crippen LogP contribution in [0.3, 0.4) is 0 Å². The monoisotopic (exact) mass is 339 g/mol. The van der Waals surface area contributed by atoms with Crippen LogP contribution in [0.25, 0.3) is 10.9 Å². The minimum Gasteiger partial charge on any atom is -0.336 e. The van der Waals surface area contributed by atoms with E-state index in [4.69, 9.17) is 0 Å². The molecule has 1 aromatic heterocycles. The molecule has 0 aliphatic carbocycles. The van der Waals surface area contributed by atoms with Crippen LogP contribution in [0.2, 0.25) is 0 Å². The summed E-state index contributed by atoms with van der Waals surface area (Å²) in [7, 11) is 1.61. The summed E-state index contributed by atoms with van der Waals surface area (Å²) in [4.78, 5) is 26.8. The zero-order valence-electron chi connectivity index (χ0n) is 14.1. The number of halogens is 1. The Hall–Kier alpha value is -3.02. The van der Waals surface area contributed by atoms with E-state index in [0.29, 0.717) is 18.6 Å². The summed E-state index contributed by atoms with van der Waals surface area (Å²) in [6, 6.07) is 13.4. The molecule has 0 saturated carbocycles. The second kappa shape index (κ2) is 6.84. The van der Waals surface area contributed by atoms with Crippen LogP contribution in [0, 0.1) is 5.82 Å². The highest BCUT2D eigenvalue weighted by atomic mass is 19.1. The van der Waals surface area contributed by atoms with Crippen molar-refractivity contribution in [2.45, 2.75) is 20.0 Å². The number of fused-ring (bicyclic) bond motifs is 1. The average Bonchev–Trinajstić information content (AvgIpc) is 2.62. The highest BCUT2D eigenvalue weighted by molar-refractivity contribution is 5.95. The molecule has 0 bridgehead atoms. The molecule has 0 unspecified atom stereocenters. The minimum absolute atomic E-state index is 0.160. The Morgan fingerprint density at radius 3 is 2.60 bits per heavy atom. The summed E-state index contributed by atoms with van der Waals surface area (Å²) < 4.78 is 15.1. The van der Waals surface area contributed by atoms with Gasteiger partial charge in [-0.2, -0.15) is 5.10 Å². The van der Waals surface area contributed by atoms with Gasteiger partial charge in [-0.25, -0.2) is 4.39 Å². The van der Waals surface area contributed by atoms with E-state index in [1.165, 1.54) is 17.0 Å². The number of hydrogen-bond donors (Lipinski definition) is 0. The Balaban J connectivity index is 2.04. The van der Waals surface area contributed by atoms with Crippen molar-refractivity contribution in [3.63, 3.8) is 0 Å². The van der Waals surface area contributed by atoms with E-state index in [9.17, 15) is 14.0 Å². The third-order valence-electron chi connectivity index (χ3n) is 4.03. The van der Waals surface area contributed by atoms with E-state index in [0.717, 1.165) is 11.6 Å². The summed E-state index contributed by atoms with van der Waals surface area (Å²) >= 11 is 0. The number of carbonyl (C=O) groups excluding carboxylic acids is 1. The molecule has 0 saturated heterocycles. The first-order chi connectivity index (χ1) is 12.0. The molecule has 3 rings (SSSR count). The van der Waals surface area contributed by atoms with Crippen LogP contribution in [0.5, 0.6) is 0 Å². The van der Waals surface area contributed by atoms with Crippen molar-refractivity contribution in [3.05, 3.63) is 75.8 Å². The molecular formula is C19H18FN3O2. The van der Waals surface area contributed by atoms with E-state index < -0.39 is 17.2 Å². The molecule has 6 heteroatoms. The maximum absolute atomic E-state index is 13.6. The lowest BCUT2D eigenvalue weighted by atomic mass is 10.1. The van der Waals surface area contributed by atoms with Gasteiger partial charge in [0.25, 0.3) is 5.91 Å². The normalized spacial score (nSPS) is 10.8. The zero-order valence-corrected chi connectivity index (χ0v) is 14.1. The number of amides is 1. The van der Waals surface area contributed by atoms with Gasteiger partial charge in [0, 0.05) is 20.1 Å². The molecule has 0 spiro atoms. The van der Waals surface area contributed by atoms with Crippen molar-refractivity contribution in [2.75, 3.05) is 7.05 Å². The van der Waals surface area contributed by atoms with Gasteiger partial charge < -0.3 is 4.90 Å². The fraction of sp³-hybridized carbons (Fsp3) is 0.211. The van der Waals surface area contributed by atoms with E-state index in [-0.39, 0.29) is 11.1 Å². The fourth-order valence-corrected chi connectivity index (χ4v) is 2.75. The van der Waals surface area contributed by atoms with Crippen molar-refractivity contribution < 1.29 is 9.18 Å². The number of nitrogens with zero attached hydrogens (tertiary/aromatic N) is 3. The van der Waals surface area contributed by atoms with Gasteiger partial charge in [-0.1, -0.05) is 30.3 Å². The highest BCUT2D eigenvalue weighted by Gasteiger charge is 2.21. The molecule has 0 aliphatic heterocycles. The number of carbonyl (C=O) groups is 1.